The van der Waals surface area contributed by atoms with Crippen molar-refractivity contribution in [2.24, 2.45) is 0 Å². The lowest BCUT2D eigenvalue weighted by molar-refractivity contribution is -0.192. The van der Waals surface area contributed by atoms with Gasteiger partial charge in [0.25, 0.3) is 0 Å². The van der Waals surface area contributed by atoms with Gasteiger partial charge in [-0.05, 0) is 5.56 Å². The Morgan fingerprint density at radius 2 is 2.06 bits per heavy atom. The van der Waals surface area contributed by atoms with Crippen LogP contribution in [-0.2, 0) is 16.1 Å². The predicted molar refractivity (Wildman–Crippen MR) is 74.0 cm³/mol. The number of aliphatic hydroxyl groups excluding tert-OH is 1. The highest BCUT2D eigenvalue weighted by Gasteiger charge is 2.28. The van der Waals surface area contributed by atoms with E-state index in [1.54, 1.807) is 0 Å². The molecular weight excluding hydrogens is 331 g/mol. The largest absolute Gasteiger partial charge is 0.373 e. The Kier molecular flexibility index (Phi) is 5.21. The second-order valence-electron chi connectivity index (χ2n) is 4.26. The van der Waals surface area contributed by atoms with Crippen molar-refractivity contribution in [3.63, 3.8) is 0 Å². The molecule has 1 aromatic carbocycles. The standard InChI is InChI=1S/C13H17IO3/c14-8-12-6-11(7-13(15)17-12)16-9-10-4-2-1-3-5-10/h1-5,11-13,15H,6-9H2/t11-,12+,13+/m1/s1. The summed E-state index contributed by atoms with van der Waals surface area (Å²) in [7, 11) is 0. The molecule has 3 nitrogen and oxygen atoms in total. The summed E-state index contributed by atoms with van der Waals surface area (Å²) in [5.74, 6) is 0. The van der Waals surface area contributed by atoms with Gasteiger partial charge in [-0.1, -0.05) is 52.9 Å². The molecule has 0 spiro atoms. The summed E-state index contributed by atoms with van der Waals surface area (Å²) in [5.41, 5.74) is 1.17. The van der Waals surface area contributed by atoms with Gasteiger partial charge < -0.3 is 14.6 Å². The topological polar surface area (TPSA) is 38.7 Å². The number of rotatable bonds is 4. The third-order valence-electron chi connectivity index (χ3n) is 2.84. The van der Waals surface area contributed by atoms with E-state index < -0.39 is 6.29 Å². The number of aliphatic hydroxyl groups is 1. The maximum atomic E-state index is 9.57. The summed E-state index contributed by atoms with van der Waals surface area (Å²) in [4.78, 5) is 0. The molecule has 1 aliphatic rings. The number of alkyl halides is 1. The van der Waals surface area contributed by atoms with Crippen LogP contribution in [0.3, 0.4) is 0 Å². The average Bonchev–Trinajstić information content (AvgIpc) is 2.37. The zero-order chi connectivity index (χ0) is 12.1. The molecule has 0 aromatic heterocycles. The van der Waals surface area contributed by atoms with Gasteiger partial charge in [0.2, 0.25) is 0 Å². The first-order chi connectivity index (χ1) is 8.28. The molecule has 1 aromatic rings. The fourth-order valence-corrected chi connectivity index (χ4v) is 2.54. The van der Waals surface area contributed by atoms with E-state index >= 15 is 0 Å². The molecular formula is C13H17IO3. The van der Waals surface area contributed by atoms with E-state index in [9.17, 15) is 5.11 Å². The van der Waals surface area contributed by atoms with Crippen LogP contribution in [0.4, 0.5) is 0 Å². The lowest BCUT2D eigenvalue weighted by atomic mass is 10.1. The Balaban J connectivity index is 1.82. The molecule has 1 heterocycles. The molecule has 1 aliphatic heterocycles. The Morgan fingerprint density at radius 1 is 1.29 bits per heavy atom. The van der Waals surface area contributed by atoms with Crippen LogP contribution in [0.1, 0.15) is 18.4 Å². The van der Waals surface area contributed by atoms with Crippen LogP contribution in [-0.4, -0.2) is 28.0 Å². The summed E-state index contributed by atoms with van der Waals surface area (Å²) < 4.78 is 12.1. The number of ether oxygens (including phenoxy) is 2. The van der Waals surface area contributed by atoms with Crippen LogP contribution in [0.25, 0.3) is 0 Å². The smallest absolute Gasteiger partial charge is 0.157 e. The van der Waals surface area contributed by atoms with Gasteiger partial charge in [0, 0.05) is 17.3 Å². The monoisotopic (exact) mass is 348 g/mol. The number of hydrogen-bond acceptors (Lipinski definition) is 3. The van der Waals surface area contributed by atoms with Crippen molar-refractivity contribution >= 4 is 22.6 Å². The molecule has 1 saturated heterocycles. The lowest BCUT2D eigenvalue weighted by Crippen LogP contribution is -2.37. The molecule has 0 unspecified atom stereocenters. The quantitative estimate of drug-likeness (QED) is 0.671. The van der Waals surface area contributed by atoms with Crippen LogP contribution in [0, 0.1) is 0 Å². The summed E-state index contributed by atoms with van der Waals surface area (Å²) in [6.45, 7) is 0.603. The second-order valence-corrected chi connectivity index (χ2v) is 5.14. The third kappa shape index (κ3) is 4.21. The fourth-order valence-electron chi connectivity index (χ4n) is 1.97. The first-order valence-corrected chi connectivity index (χ1v) is 7.35. The minimum absolute atomic E-state index is 0.0960. The summed E-state index contributed by atoms with van der Waals surface area (Å²) in [6, 6.07) is 10.1. The molecule has 1 N–H and O–H groups in total. The SMILES string of the molecule is O[C@@H]1C[C@H](OCc2ccccc2)C[C@@H](CI)O1. The normalized spacial score (nSPS) is 29.2. The van der Waals surface area contributed by atoms with Gasteiger partial charge >= 0.3 is 0 Å². The summed E-state index contributed by atoms with van der Waals surface area (Å²) in [5, 5.41) is 9.57. The molecule has 0 amide bonds. The van der Waals surface area contributed by atoms with Crippen molar-refractivity contribution in [1.82, 2.24) is 0 Å². The highest BCUT2D eigenvalue weighted by atomic mass is 127. The number of benzene rings is 1. The molecule has 4 heteroatoms. The maximum Gasteiger partial charge on any atom is 0.157 e. The minimum atomic E-state index is -0.677. The van der Waals surface area contributed by atoms with Crippen LogP contribution in [0.5, 0.6) is 0 Å². The van der Waals surface area contributed by atoms with Crippen molar-refractivity contribution in [1.29, 1.82) is 0 Å². The van der Waals surface area contributed by atoms with Gasteiger partial charge in [-0.2, -0.15) is 0 Å². The van der Waals surface area contributed by atoms with Crippen molar-refractivity contribution in [3.8, 4) is 0 Å². The molecule has 0 saturated carbocycles. The van der Waals surface area contributed by atoms with E-state index in [0.717, 1.165) is 10.8 Å². The number of halogens is 1. The van der Waals surface area contributed by atoms with E-state index in [1.807, 2.05) is 30.3 Å². The zero-order valence-electron chi connectivity index (χ0n) is 9.59. The van der Waals surface area contributed by atoms with E-state index in [1.165, 1.54) is 5.56 Å². The van der Waals surface area contributed by atoms with Crippen molar-refractivity contribution in [2.45, 2.75) is 37.9 Å². The second kappa shape index (κ2) is 6.68. The Bertz CT molecular complexity index is 331. The first-order valence-electron chi connectivity index (χ1n) is 5.83. The van der Waals surface area contributed by atoms with E-state index in [2.05, 4.69) is 22.6 Å². The van der Waals surface area contributed by atoms with Crippen LogP contribution in [0.15, 0.2) is 30.3 Å². The average molecular weight is 348 g/mol. The molecule has 2 rings (SSSR count). The van der Waals surface area contributed by atoms with Crippen LogP contribution in [0.2, 0.25) is 0 Å². The lowest BCUT2D eigenvalue weighted by Gasteiger charge is -2.32. The third-order valence-corrected chi connectivity index (χ3v) is 3.82. The van der Waals surface area contributed by atoms with E-state index in [-0.39, 0.29) is 12.2 Å². The number of hydrogen-bond donors (Lipinski definition) is 1. The van der Waals surface area contributed by atoms with Crippen molar-refractivity contribution in [2.75, 3.05) is 4.43 Å². The van der Waals surface area contributed by atoms with Gasteiger partial charge in [0.1, 0.15) is 0 Å². The van der Waals surface area contributed by atoms with Gasteiger partial charge in [-0.15, -0.1) is 0 Å². The van der Waals surface area contributed by atoms with Gasteiger partial charge in [-0.25, -0.2) is 0 Å². The highest BCUT2D eigenvalue weighted by Crippen LogP contribution is 2.23. The minimum Gasteiger partial charge on any atom is -0.373 e. The molecule has 0 bridgehead atoms. The summed E-state index contributed by atoms with van der Waals surface area (Å²) >= 11 is 2.28. The predicted octanol–water partition coefficient (Wildman–Crippen LogP) is 2.50. The molecule has 0 radical (unpaired) electrons. The fraction of sp³-hybridized carbons (Fsp3) is 0.538. The molecule has 17 heavy (non-hydrogen) atoms. The molecule has 0 aliphatic carbocycles. The van der Waals surface area contributed by atoms with Crippen molar-refractivity contribution < 1.29 is 14.6 Å². The zero-order valence-corrected chi connectivity index (χ0v) is 11.7. The molecule has 1 fully saturated rings. The van der Waals surface area contributed by atoms with Crippen LogP contribution < -0.4 is 0 Å². The summed E-state index contributed by atoms with van der Waals surface area (Å²) in [6.07, 6.45) is 0.968. The maximum absolute atomic E-state index is 9.57. The van der Waals surface area contributed by atoms with Crippen LogP contribution >= 0.6 is 22.6 Å². The van der Waals surface area contributed by atoms with Gasteiger partial charge in [0.05, 0.1) is 18.8 Å². The van der Waals surface area contributed by atoms with E-state index in [0.29, 0.717) is 13.0 Å². The van der Waals surface area contributed by atoms with Gasteiger partial charge in [0.15, 0.2) is 6.29 Å². The Morgan fingerprint density at radius 3 is 2.76 bits per heavy atom. The Labute approximate surface area is 115 Å². The van der Waals surface area contributed by atoms with Gasteiger partial charge in [-0.3, -0.25) is 0 Å². The van der Waals surface area contributed by atoms with E-state index in [4.69, 9.17) is 9.47 Å². The van der Waals surface area contributed by atoms with Crippen molar-refractivity contribution in [3.05, 3.63) is 35.9 Å². The Hall–Kier alpha value is -0.170. The highest BCUT2D eigenvalue weighted by molar-refractivity contribution is 14.1. The molecule has 94 valence electrons. The molecule has 3 atom stereocenters. The first kappa shape index (κ1) is 13.3.